The molecule has 6 nitrogen and oxygen atoms in total. The van der Waals surface area contributed by atoms with Gasteiger partial charge < -0.3 is 0 Å². The fourth-order valence-electron chi connectivity index (χ4n) is 0.365. The zero-order chi connectivity index (χ0) is 9.40. The second-order valence-corrected chi connectivity index (χ2v) is 1.78. The molecule has 66 valence electrons. The number of nitrogens with one attached hydrogen (secondary N) is 2. The normalized spacial score (nSPS) is 7.83. The minimum absolute atomic E-state index is 0.185. The van der Waals surface area contributed by atoms with Crippen molar-refractivity contribution in [1.29, 1.82) is 0 Å². The molecule has 0 aliphatic carbocycles. The van der Waals surface area contributed by atoms with Crippen molar-refractivity contribution in [2.24, 2.45) is 0 Å². The van der Waals surface area contributed by atoms with Gasteiger partial charge in [0.25, 0.3) is 11.8 Å². The Morgan fingerprint density at radius 2 is 1.33 bits per heavy atom. The summed E-state index contributed by atoms with van der Waals surface area (Å²) in [5.41, 5.74) is 2.75. The van der Waals surface area contributed by atoms with Crippen molar-refractivity contribution in [3.63, 3.8) is 0 Å². The van der Waals surface area contributed by atoms with E-state index in [0.29, 0.717) is 0 Å². The third kappa shape index (κ3) is 5.22. The van der Waals surface area contributed by atoms with Gasteiger partial charge in [-0.3, -0.25) is 20.0 Å². The molecule has 6 heteroatoms. The maximum absolute atomic E-state index is 10.3. The SMILES string of the molecule is O=C(CC#CCC(=O)NO)NO. The fraction of sp³-hybridized carbons (Fsp3) is 0.333. The predicted octanol–water partition coefficient (Wildman–Crippen LogP) is -1.22. The van der Waals surface area contributed by atoms with E-state index in [1.165, 1.54) is 11.0 Å². The summed E-state index contributed by atoms with van der Waals surface area (Å²) in [4.78, 5) is 20.6. The van der Waals surface area contributed by atoms with Crippen molar-refractivity contribution in [2.75, 3.05) is 0 Å². The maximum Gasteiger partial charge on any atom is 0.255 e. The van der Waals surface area contributed by atoms with E-state index in [1.807, 2.05) is 0 Å². The van der Waals surface area contributed by atoms with Crippen LogP contribution in [0.2, 0.25) is 0 Å². The highest BCUT2D eigenvalue weighted by Crippen LogP contribution is 1.77. The van der Waals surface area contributed by atoms with Crippen molar-refractivity contribution < 1.29 is 20.0 Å². The van der Waals surface area contributed by atoms with Crippen molar-refractivity contribution >= 4 is 11.8 Å². The Hall–Kier alpha value is -1.58. The van der Waals surface area contributed by atoms with Gasteiger partial charge in [-0.15, -0.1) is 0 Å². The van der Waals surface area contributed by atoms with Crippen LogP contribution >= 0.6 is 0 Å². The first-order valence-electron chi connectivity index (χ1n) is 3.02. The Morgan fingerprint density at radius 3 is 1.58 bits per heavy atom. The second kappa shape index (κ2) is 6.15. The third-order valence-corrected chi connectivity index (χ3v) is 0.872. The molecule has 0 radical (unpaired) electrons. The lowest BCUT2D eigenvalue weighted by molar-refractivity contribution is -0.128. The first kappa shape index (κ1) is 10.4. The second-order valence-electron chi connectivity index (χ2n) is 1.78. The van der Waals surface area contributed by atoms with Gasteiger partial charge in [-0.1, -0.05) is 11.8 Å². The molecule has 0 atom stereocenters. The monoisotopic (exact) mass is 172 g/mol. The molecule has 0 aliphatic heterocycles. The third-order valence-electron chi connectivity index (χ3n) is 0.872. The van der Waals surface area contributed by atoms with Crippen LogP contribution < -0.4 is 11.0 Å². The molecule has 0 aromatic rings. The summed E-state index contributed by atoms with van der Waals surface area (Å²) in [6.45, 7) is 0. The molecule has 2 amide bonds. The number of hydroxylamine groups is 2. The summed E-state index contributed by atoms with van der Waals surface area (Å²) in [6.07, 6.45) is -0.371. The van der Waals surface area contributed by atoms with Crippen molar-refractivity contribution in [3.8, 4) is 11.8 Å². The lowest BCUT2D eigenvalue weighted by atomic mass is 10.3. The summed E-state index contributed by atoms with van der Waals surface area (Å²) in [5.74, 6) is 3.32. The minimum Gasteiger partial charge on any atom is -0.289 e. The lowest BCUT2D eigenvalue weighted by Crippen LogP contribution is -2.18. The number of amides is 2. The highest BCUT2D eigenvalue weighted by atomic mass is 16.5. The number of hydrogen-bond acceptors (Lipinski definition) is 4. The molecule has 4 N–H and O–H groups in total. The molecule has 0 saturated heterocycles. The van der Waals surface area contributed by atoms with Gasteiger partial charge in [0.1, 0.15) is 0 Å². The number of hydrogen-bond donors (Lipinski definition) is 4. The van der Waals surface area contributed by atoms with Gasteiger partial charge in [-0.25, -0.2) is 11.0 Å². The van der Waals surface area contributed by atoms with Crippen LogP contribution in [0.3, 0.4) is 0 Å². The van der Waals surface area contributed by atoms with E-state index >= 15 is 0 Å². The van der Waals surface area contributed by atoms with Crippen LogP contribution in [-0.2, 0) is 9.59 Å². The average Bonchev–Trinajstić information content (AvgIpc) is 2.11. The Morgan fingerprint density at radius 1 is 1.00 bits per heavy atom. The molecule has 0 heterocycles. The van der Waals surface area contributed by atoms with Crippen LogP contribution in [0.4, 0.5) is 0 Å². The van der Waals surface area contributed by atoms with Gasteiger partial charge in [-0.05, 0) is 0 Å². The molecule has 0 unspecified atom stereocenters. The van der Waals surface area contributed by atoms with Gasteiger partial charge in [0.2, 0.25) is 0 Å². The van der Waals surface area contributed by atoms with E-state index in [4.69, 9.17) is 10.4 Å². The molecule has 12 heavy (non-hydrogen) atoms. The maximum atomic E-state index is 10.3. The molecule has 0 bridgehead atoms. The summed E-state index contributed by atoms with van der Waals surface area (Å²) in [5, 5.41) is 16.0. The smallest absolute Gasteiger partial charge is 0.255 e. The Labute approximate surface area is 68.5 Å². The van der Waals surface area contributed by atoms with Crippen LogP contribution in [0.15, 0.2) is 0 Å². The number of rotatable bonds is 2. The molecular formula is C6H8N2O4. The number of carbonyl (C=O) groups excluding carboxylic acids is 2. The molecule has 0 aromatic heterocycles. The van der Waals surface area contributed by atoms with Gasteiger partial charge >= 0.3 is 0 Å². The summed E-state index contributed by atoms with van der Waals surface area (Å²) < 4.78 is 0. The Bertz CT molecular complexity index is 205. The van der Waals surface area contributed by atoms with Gasteiger partial charge in [0.05, 0.1) is 12.8 Å². The molecule has 0 aliphatic rings. The van der Waals surface area contributed by atoms with Crippen LogP contribution in [0.1, 0.15) is 12.8 Å². The standard InChI is InChI=1S/C6H8N2O4/c9-5(7-11)3-1-2-4-6(10)8-12/h11-12H,3-4H2,(H,7,9)(H,8,10). The summed E-state index contributed by atoms with van der Waals surface area (Å²) in [7, 11) is 0. The lowest BCUT2D eigenvalue weighted by Gasteiger charge is -1.89. The Kier molecular flexibility index (Phi) is 5.34. The van der Waals surface area contributed by atoms with Crippen LogP contribution in [0.5, 0.6) is 0 Å². The zero-order valence-electron chi connectivity index (χ0n) is 6.13. The first-order valence-corrected chi connectivity index (χ1v) is 3.02. The summed E-state index contributed by atoms with van der Waals surface area (Å²) in [6, 6.07) is 0. The molecule has 0 spiro atoms. The van der Waals surface area contributed by atoms with E-state index < -0.39 is 11.8 Å². The van der Waals surface area contributed by atoms with Gasteiger partial charge in [0, 0.05) is 0 Å². The summed E-state index contributed by atoms with van der Waals surface area (Å²) >= 11 is 0. The van der Waals surface area contributed by atoms with Crippen molar-refractivity contribution in [3.05, 3.63) is 0 Å². The van der Waals surface area contributed by atoms with Crippen LogP contribution in [0, 0.1) is 11.8 Å². The largest absolute Gasteiger partial charge is 0.289 e. The van der Waals surface area contributed by atoms with Gasteiger partial charge in [-0.2, -0.15) is 0 Å². The zero-order valence-corrected chi connectivity index (χ0v) is 6.13. The Balaban J connectivity index is 3.61. The highest BCUT2D eigenvalue weighted by Gasteiger charge is 1.94. The van der Waals surface area contributed by atoms with Crippen molar-refractivity contribution in [2.45, 2.75) is 12.8 Å². The van der Waals surface area contributed by atoms with Crippen LogP contribution in [0.25, 0.3) is 0 Å². The van der Waals surface area contributed by atoms with E-state index in [9.17, 15) is 9.59 Å². The van der Waals surface area contributed by atoms with E-state index in [0.717, 1.165) is 0 Å². The van der Waals surface area contributed by atoms with Gasteiger partial charge in [0.15, 0.2) is 0 Å². The highest BCUT2D eigenvalue weighted by molar-refractivity contribution is 5.79. The molecule has 0 rings (SSSR count). The number of carbonyl (C=O) groups is 2. The molecular weight excluding hydrogens is 164 g/mol. The topological polar surface area (TPSA) is 98.7 Å². The quantitative estimate of drug-likeness (QED) is 0.238. The minimum atomic E-state index is -0.646. The van der Waals surface area contributed by atoms with E-state index in [-0.39, 0.29) is 12.8 Å². The predicted molar refractivity (Wildman–Crippen MR) is 36.9 cm³/mol. The molecule has 0 saturated carbocycles. The van der Waals surface area contributed by atoms with E-state index in [2.05, 4.69) is 11.8 Å². The average molecular weight is 172 g/mol. The van der Waals surface area contributed by atoms with E-state index in [1.54, 1.807) is 0 Å². The molecule has 0 fully saturated rings. The van der Waals surface area contributed by atoms with Crippen LogP contribution in [-0.4, -0.2) is 22.2 Å². The molecule has 0 aromatic carbocycles. The first-order chi connectivity index (χ1) is 5.70. The fourth-order valence-corrected chi connectivity index (χ4v) is 0.365. The van der Waals surface area contributed by atoms with Crippen molar-refractivity contribution in [1.82, 2.24) is 11.0 Å².